The van der Waals surface area contributed by atoms with Gasteiger partial charge in [0.25, 0.3) is 11.8 Å². The predicted octanol–water partition coefficient (Wildman–Crippen LogP) is 4.51. The Bertz CT molecular complexity index is 828. The molecule has 0 bridgehead atoms. The molecule has 0 spiro atoms. The Labute approximate surface area is 148 Å². The largest absolute Gasteiger partial charge is 0.273 e. The first kappa shape index (κ1) is 16.1. The molecule has 2 amide bonds. The molecule has 1 aliphatic heterocycles. The van der Waals surface area contributed by atoms with Crippen molar-refractivity contribution in [3.63, 3.8) is 0 Å². The fourth-order valence-electron chi connectivity index (χ4n) is 2.37. The molecule has 23 heavy (non-hydrogen) atoms. The van der Waals surface area contributed by atoms with Gasteiger partial charge < -0.3 is 0 Å². The van der Waals surface area contributed by atoms with Crippen LogP contribution in [0.1, 0.15) is 11.1 Å². The normalized spacial score (nSPS) is 14.8. The quantitative estimate of drug-likeness (QED) is 0.749. The number of rotatable bonds is 3. The van der Waals surface area contributed by atoms with Gasteiger partial charge in [0.1, 0.15) is 5.03 Å². The molecular formula is C17H10Cl3NO2. The minimum atomic E-state index is -0.512. The molecule has 0 unspecified atom stereocenters. The van der Waals surface area contributed by atoms with Gasteiger partial charge in [-0.05, 0) is 35.4 Å². The zero-order valence-corrected chi connectivity index (χ0v) is 14.0. The number of hydrogen-bond donors (Lipinski definition) is 0. The van der Waals surface area contributed by atoms with E-state index in [1.165, 1.54) is 0 Å². The Morgan fingerprint density at radius 1 is 0.826 bits per heavy atom. The van der Waals surface area contributed by atoms with Crippen LogP contribution in [-0.2, 0) is 16.1 Å². The van der Waals surface area contributed by atoms with Gasteiger partial charge in [-0.3, -0.25) is 14.5 Å². The maximum atomic E-state index is 12.6. The average Bonchev–Trinajstić information content (AvgIpc) is 2.73. The molecule has 1 aliphatic rings. The van der Waals surface area contributed by atoms with Gasteiger partial charge in [-0.15, -0.1) is 0 Å². The van der Waals surface area contributed by atoms with E-state index in [1.807, 2.05) is 0 Å². The summed E-state index contributed by atoms with van der Waals surface area (Å²) in [5.41, 5.74) is 1.50. The van der Waals surface area contributed by atoms with Crippen LogP contribution in [0.5, 0.6) is 0 Å². The zero-order valence-electron chi connectivity index (χ0n) is 11.7. The standard InChI is InChI=1S/C17H10Cl3NO2/c18-12-6-4-11(5-7-12)14-15(20)17(23)21(16(14)22)9-10-2-1-3-13(19)8-10/h1-8H,9H2. The highest BCUT2D eigenvalue weighted by molar-refractivity contribution is 6.55. The van der Waals surface area contributed by atoms with Crippen molar-refractivity contribution in [3.8, 4) is 0 Å². The molecule has 0 fully saturated rings. The molecule has 6 heteroatoms. The molecule has 2 aromatic carbocycles. The van der Waals surface area contributed by atoms with Crippen molar-refractivity contribution in [2.75, 3.05) is 0 Å². The zero-order chi connectivity index (χ0) is 16.6. The van der Waals surface area contributed by atoms with Crippen LogP contribution in [0.3, 0.4) is 0 Å². The van der Waals surface area contributed by atoms with Crippen LogP contribution in [0.2, 0.25) is 10.0 Å². The van der Waals surface area contributed by atoms with Gasteiger partial charge in [-0.25, -0.2) is 0 Å². The molecule has 0 atom stereocenters. The summed E-state index contributed by atoms with van der Waals surface area (Å²) in [6, 6.07) is 13.6. The molecule has 2 aromatic rings. The Hall–Kier alpha value is -1.81. The van der Waals surface area contributed by atoms with E-state index >= 15 is 0 Å². The van der Waals surface area contributed by atoms with Crippen LogP contribution < -0.4 is 0 Å². The highest BCUT2D eigenvalue weighted by atomic mass is 35.5. The van der Waals surface area contributed by atoms with E-state index in [0.29, 0.717) is 15.6 Å². The summed E-state index contributed by atoms with van der Waals surface area (Å²) in [5.74, 6) is -0.941. The molecule has 0 saturated heterocycles. The number of carbonyl (C=O) groups is 2. The average molecular weight is 367 g/mol. The molecule has 1 heterocycles. The minimum Gasteiger partial charge on any atom is -0.269 e. The number of nitrogens with zero attached hydrogens (tertiary/aromatic N) is 1. The number of amides is 2. The van der Waals surface area contributed by atoms with E-state index in [2.05, 4.69) is 0 Å². The van der Waals surface area contributed by atoms with E-state index < -0.39 is 11.8 Å². The highest BCUT2D eigenvalue weighted by Gasteiger charge is 2.38. The van der Waals surface area contributed by atoms with Crippen LogP contribution in [0.25, 0.3) is 5.57 Å². The van der Waals surface area contributed by atoms with Crippen LogP contribution >= 0.6 is 34.8 Å². The molecule has 0 radical (unpaired) electrons. The molecule has 116 valence electrons. The predicted molar refractivity (Wildman–Crippen MR) is 91.2 cm³/mol. The monoisotopic (exact) mass is 365 g/mol. The minimum absolute atomic E-state index is 0.0839. The molecule has 3 nitrogen and oxygen atoms in total. The first-order valence-electron chi connectivity index (χ1n) is 6.73. The summed E-state index contributed by atoms with van der Waals surface area (Å²) in [6.07, 6.45) is 0. The third kappa shape index (κ3) is 3.13. The van der Waals surface area contributed by atoms with E-state index in [1.54, 1.807) is 48.5 Å². The Morgan fingerprint density at radius 2 is 1.52 bits per heavy atom. The molecule has 0 saturated carbocycles. The molecule has 0 aliphatic carbocycles. The number of halogens is 3. The Morgan fingerprint density at radius 3 is 2.17 bits per heavy atom. The topological polar surface area (TPSA) is 37.4 Å². The molecule has 0 aromatic heterocycles. The SMILES string of the molecule is O=C1C(Cl)=C(c2ccc(Cl)cc2)C(=O)N1Cc1cccc(Cl)c1. The summed E-state index contributed by atoms with van der Waals surface area (Å²) in [4.78, 5) is 26.0. The van der Waals surface area contributed by atoms with E-state index in [4.69, 9.17) is 34.8 Å². The third-order valence-corrected chi connectivity index (χ3v) is 4.31. The lowest BCUT2D eigenvalue weighted by atomic mass is 10.1. The Balaban J connectivity index is 1.91. The van der Waals surface area contributed by atoms with Crippen molar-refractivity contribution in [1.82, 2.24) is 4.90 Å². The van der Waals surface area contributed by atoms with Crippen LogP contribution in [0, 0.1) is 0 Å². The smallest absolute Gasteiger partial charge is 0.269 e. The lowest BCUT2D eigenvalue weighted by Crippen LogP contribution is -2.30. The van der Waals surface area contributed by atoms with E-state index in [-0.39, 0.29) is 17.2 Å². The fourth-order valence-corrected chi connectivity index (χ4v) is 3.01. The van der Waals surface area contributed by atoms with Crippen LogP contribution in [-0.4, -0.2) is 16.7 Å². The second-order valence-electron chi connectivity index (χ2n) is 5.02. The highest BCUT2D eigenvalue weighted by Crippen LogP contribution is 2.33. The summed E-state index contributed by atoms with van der Waals surface area (Å²) >= 11 is 17.9. The maximum Gasteiger partial charge on any atom is 0.273 e. The van der Waals surface area contributed by atoms with E-state index in [0.717, 1.165) is 10.5 Å². The van der Waals surface area contributed by atoms with Gasteiger partial charge in [0, 0.05) is 10.0 Å². The van der Waals surface area contributed by atoms with Crippen LogP contribution in [0.15, 0.2) is 53.6 Å². The summed E-state index contributed by atoms with van der Waals surface area (Å²) in [7, 11) is 0. The van der Waals surface area contributed by atoms with Crippen LogP contribution in [0.4, 0.5) is 0 Å². The second kappa shape index (κ2) is 6.36. The van der Waals surface area contributed by atoms with Crippen molar-refractivity contribution >= 4 is 52.2 Å². The first-order valence-corrected chi connectivity index (χ1v) is 7.87. The van der Waals surface area contributed by atoms with Crippen molar-refractivity contribution in [1.29, 1.82) is 0 Å². The lowest BCUT2D eigenvalue weighted by Gasteiger charge is -2.15. The van der Waals surface area contributed by atoms with Gasteiger partial charge in [0.05, 0.1) is 12.1 Å². The van der Waals surface area contributed by atoms with Gasteiger partial charge in [0.15, 0.2) is 0 Å². The number of carbonyl (C=O) groups excluding carboxylic acids is 2. The van der Waals surface area contributed by atoms with Crippen molar-refractivity contribution in [3.05, 3.63) is 74.7 Å². The number of imide groups is 1. The van der Waals surface area contributed by atoms with Gasteiger partial charge >= 0.3 is 0 Å². The van der Waals surface area contributed by atoms with E-state index in [9.17, 15) is 9.59 Å². The summed E-state index contributed by atoms with van der Waals surface area (Å²) in [5, 5.41) is 0.996. The van der Waals surface area contributed by atoms with Crippen molar-refractivity contribution in [2.24, 2.45) is 0 Å². The number of benzene rings is 2. The van der Waals surface area contributed by atoms with Gasteiger partial charge in [0.2, 0.25) is 0 Å². The first-order chi connectivity index (χ1) is 11.0. The summed E-state index contributed by atoms with van der Waals surface area (Å²) < 4.78 is 0. The van der Waals surface area contributed by atoms with Crippen molar-refractivity contribution in [2.45, 2.75) is 6.54 Å². The van der Waals surface area contributed by atoms with Gasteiger partial charge in [-0.2, -0.15) is 0 Å². The number of hydrogen-bond acceptors (Lipinski definition) is 2. The maximum absolute atomic E-state index is 12.6. The van der Waals surface area contributed by atoms with Crippen molar-refractivity contribution < 1.29 is 9.59 Å². The third-order valence-electron chi connectivity index (χ3n) is 3.47. The second-order valence-corrected chi connectivity index (χ2v) is 6.27. The lowest BCUT2D eigenvalue weighted by molar-refractivity contribution is -0.137. The summed E-state index contributed by atoms with van der Waals surface area (Å²) in [6.45, 7) is 0.117. The fraction of sp³-hybridized carbons (Fsp3) is 0.0588. The van der Waals surface area contributed by atoms with Gasteiger partial charge in [-0.1, -0.05) is 59.1 Å². The molecule has 0 N–H and O–H groups in total. The molecule has 3 rings (SSSR count). The Kier molecular flexibility index (Phi) is 4.44. The molecular weight excluding hydrogens is 357 g/mol.